The Morgan fingerprint density at radius 3 is 3.38 bits per heavy atom. The summed E-state index contributed by atoms with van der Waals surface area (Å²) in [7, 11) is 0. The van der Waals surface area contributed by atoms with Crippen LogP contribution in [0.15, 0.2) is 6.33 Å². The van der Waals surface area contributed by atoms with Crippen molar-refractivity contribution in [3.8, 4) is 0 Å². The van der Waals surface area contributed by atoms with E-state index in [2.05, 4.69) is 22.2 Å². The molecule has 2 heterocycles. The Hall–Kier alpha value is -0.830. The SMILES string of the molecule is CCC1CCCC2(C1)NCCc1[nH]cnc12. The number of hydrogen-bond acceptors (Lipinski definition) is 2. The van der Waals surface area contributed by atoms with Crippen molar-refractivity contribution in [3.05, 3.63) is 17.7 Å². The lowest BCUT2D eigenvalue weighted by Gasteiger charge is -2.43. The lowest BCUT2D eigenvalue weighted by atomic mass is 9.71. The molecule has 0 aromatic carbocycles. The van der Waals surface area contributed by atoms with Crippen LogP contribution in [-0.4, -0.2) is 16.5 Å². The zero-order valence-electron chi connectivity index (χ0n) is 10.1. The fourth-order valence-corrected chi connectivity index (χ4v) is 3.55. The molecule has 1 aromatic rings. The van der Waals surface area contributed by atoms with Gasteiger partial charge in [0.05, 0.1) is 17.6 Å². The van der Waals surface area contributed by atoms with Crippen LogP contribution in [0.5, 0.6) is 0 Å². The van der Waals surface area contributed by atoms with Crippen LogP contribution < -0.4 is 5.32 Å². The average molecular weight is 219 g/mol. The van der Waals surface area contributed by atoms with Crippen molar-refractivity contribution in [1.29, 1.82) is 0 Å². The number of rotatable bonds is 1. The first-order valence-corrected chi connectivity index (χ1v) is 6.62. The Morgan fingerprint density at radius 1 is 1.56 bits per heavy atom. The summed E-state index contributed by atoms with van der Waals surface area (Å²) in [5, 5.41) is 3.76. The van der Waals surface area contributed by atoms with Crippen molar-refractivity contribution in [1.82, 2.24) is 15.3 Å². The van der Waals surface area contributed by atoms with Gasteiger partial charge in [-0.1, -0.05) is 26.2 Å². The van der Waals surface area contributed by atoms with Crippen molar-refractivity contribution < 1.29 is 0 Å². The molecule has 0 bridgehead atoms. The third-order valence-electron chi connectivity index (χ3n) is 4.44. The van der Waals surface area contributed by atoms with Crippen LogP contribution in [0.25, 0.3) is 0 Å². The third-order valence-corrected chi connectivity index (χ3v) is 4.44. The lowest BCUT2D eigenvalue weighted by Crippen LogP contribution is -2.50. The fraction of sp³-hybridized carbons (Fsp3) is 0.769. The Balaban J connectivity index is 1.94. The summed E-state index contributed by atoms with van der Waals surface area (Å²) in [6.07, 6.45) is 9.58. The van der Waals surface area contributed by atoms with Crippen molar-refractivity contribution >= 4 is 0 Å². The molecule has 3 heteroatoms. The zero-order chi connectivity index (χ0) is 11.0. The second-order valence-corrected chi connectivity index (χ2v) is 5.36. The molecule has 88 valence electrons. The largest absolute Gasteiger partial charge is 0.348 e. The van der Waals surface area contributed by atoms with Crippen molar-refractivity contribution in [2.24, 2.45) is 5.92 Å². The highest BCUT2D eigenvalue weighted by molar-refractivity contribution is 5.26. The first-order chi connectivity index (χ1) is 7.84. The number of hydrogen-bond donors (Lipinski definition) is 2. The van der Waals surface area contributed by atoms with Crippen molar-refractivity contribution in [3.63, 3.8) is 0 Å². The molecule has 3 nitrogen and oxygen atoms in total. The van der Waals surface area contributed by atoms with Crippen LogP contribution in [0.4, 0.5) is 0 Å². The van der Waals surface area contributed by atoms with E-state index in [0.29, 0.717) is 0 Å². The number of imidazole rings is 1. The summed E-state index contributed by atoms with van der Waals surface area (Å²) in [6, 6.07) is 0. The summed E-state index contributed by atoms with van der Waals surface area (Å²) >= 11 is 0. The molecule has 1 saturated carbocycles. The molecule has 2 N–H and O–H groups in total. The van der Waals surface area contributed by atoms with Gasteiger partial charge < -0.3 is 10.3 Å². The minimum absolute atomic E-state index is 0.201. The molecule has 2 atom stereocenters. The second kappa shape index (κ2) is 3.88. The Kier molecular flexibility index (Phi) is 2.51. The molecule has 0 radical (unpaired) electrons. The maximum absolute atomic E-state index is 4.58. The first kappa shape index (κ1) is 10.3. The van der Waals surface area contributed by atoms with Gasteiger partial charge in [-0.25, -0.2) is 4.98 Å². The van der Waals surface area contributed by atoms with Gasteiger partial charge in [0, 0.05) is 18.7 Å². The highest BCUT2D eigenvalue weighted by atomic mass is 15.1. The molecular weight excluding hydrogens is 198 g/mol. The first-order valence-electron chi connectivity index (χ1n) is 6.62. The van der Waals surface area contributed by atoms with Crippen LogP contribution in [0.1, 0.15) is 50.4 Å². The predicted octanol–water partition coefficient (Wildman–Crippen LogP) is 2.35. The van der Waals surface area contributed by atoms with E-state index in [1.54, 1.807) is 0 Å². The molecule has 1 spiro atoms. The van der Waals surface area contributed by atoms with Gasteiger partial charge in [0.2, 0.25) is 0 Å². The Labute approximate surface area is 97.0 Å². The minimum Gasteiger partial charge on any atom is -0.348 e. The molecule has 0 saturated heterocycles. The molecular formula is C13H21N3. The number of nitrogens with one attached hydrogen (secondary N) is 2. The number of aromatic nitrogens is 2. The highest BCUT2D eigenvalue weighted by Gasteiger charge is 2.41. The molecule has 2 unspecified atom stereocenters. The smallest absolute Gasteiger partial charge is 0.0926 e. The zero-order valence-corrected chi connectivity index (χ0v) is 10.1. The highest BCUT2D eigenvalue weighted by Crippen LogP contribution is 2.42. The van der Waals surface area contributed by atoms with Crippen LogP contribution in [-0.2, 0) is 12.0 Å². The van der Waals surface area contributed by atoms with Gasteiger partial charge in [0.1, 0.15) is 0 Å². The summed E-state index contributed by atoms with van der Waals surface area (Å²) in [6.45, 7) is 3.42. The maximum Gasteiger partial charge on any atom is 0.0926 e. The lowest BCUT2D eigenvalue weighted by molar-refractivity contribution is 0.162. The van der Waals surface area contributed by atoms with Crippen LogP contribution >= 0.6 is 0 Å². The van der Waals surface area contributed by atoms with E-state index in [-0.39, 0.29) is 5.54 Å². The Morgan fingerprint density at radius 2 is 2.50 bits per heavy atom. The van der Waals surface area contributed by atoms with Crippen LogP contribution in [0.3, 0.4) is 0 Å². The summed E-state index contributed by atoms with van der Waals surface area (Å²) < 4.78 is 0. The summed E-state index contributed by atoms with van der Waals surface area (Å²) in [5.74, 6) is 0.879. The third kappa shape index (κ3) is 1.49. The number of nitrogens with zero attached hydrogens (tertiary/aromatic N) is 1. The summed E-state index contributed by atoms with van der Waals surface area (Å²) in [4.78, 5) is 7.90. The van der Waals surface area contributed by atoms with E-state index >= 15 is 0 Å². The quantitative estimate of drug-likeness (QED) is 0.761. The van der Waals surface area contributed by atoms with E-state index in [1.807, 2.05) is 6.33 Å². The van der Waals surface area contributed by atoms with Gasteiger partial charge >= 0.3 is 0 Å². The molecule has 3 rings (SSSR count). The average Bonchev–Trinajstić information content (AvgIpc) is 2.79. The van der Waals surface area contributed by atoms with Gasteiger partial charge in [0.15, 0.2) is 0 Å². The van der Waals surface area contributed by atoms with E-state index in [9.17, 15) is 0 Å². The van der Waals surface area contributed by atoms with Crippen molar-refractivity contribution in [2.75, 3.05) is 6.54 Å². The minimum atomic E-state index is 0.201. The standard InChI is InChI=1S/C13H21N3/c1-2-10-4-3-6-13(8-10)12-11(5-7-16-13)14-9-15-12/h9-10,16H,2-8H2,1H3,(H,14,15). The normalized spacial score (nSPS) is 33.9. The molecule has 0 amide bonds. The topological polar surface area (TPSA) is 40.7 Å². The van der Waals surface area contributed by atoms with Gasteiger partial charge in [0.25, 0.3) is 0 Å². The van der Waals surface area contributed by atoms with Gasteiger partial charge in [-0.15, -0.1) is 0 Å². The van der Waals surface area contributed by atoms with E-state index in [1.165, 1.54) is 43.5 Å². The number of H-pyrrole nitrogens is 1. The number of aromatic amines is 1. The van der Waals surface area contributed by atoms with E-state index < -0.39 is 0 Å². The second-order valence-electron chi connectivity index (χ2n) is 5.36. The fourth-order valence-electron chi connectivity index (χ4n) is 3.55. The van der Waals surface area contributed by atoms with Gasteiger partial charge in [-0.3, -0.25) is 0 Å². The number of fused-ring (bicyclic) bond motifs is 2. The molecule has 1 aliphatic carbocycles. The van der Waals surface area contributed by atoms with Gasteiger partial charge in [-0.05, 0) is 18.8 Å². The van der Waals surface area contributed by atoms with E-state index in [0.717, 1.165) is 18.9 Å². The monoisotopic (exact) mass is 219 g/mol. The van der Waals surface area contributed by atoms with E-state index in [4.69, 9.17) is 0 Å². The molecule has 1 aromatic heterocycles. The van der Waals surface area contributed by atoms with Gasteiger partial charge in [-0.2, -0.15) is 0 Å². The van der Waals surface area contributed by atoms with Crippen molar-refractivity contribution in [2.45, 2.75) is 51.0 Å². The predicted molar refractivity (Wildman–Crippen MR) is 64.2 cm³/mol. The maximum atomic E-state index is 4.58. The molecule has 2 aliphatic rings. The molecule has 1 fully saturated rings. The van der Waals surface area contributed by atoms with Crippen LogP contribution in [0.2, 0.25) is 0 Å². The van der Waals surface area contributed by atoms with Crippen LogP contribution in [0, 0.1) is 5.92 Å². The summed E-state index contributed by atoms with van der Waals surface area (Å²) in [5.41, 5.74) is 2.89. The Bertz CT molecular complexity index is 371. The molecule has 16 heavy (non-hydrogen) atoms. The molecule has 1 aliphatic heterocycles.